The van der Waals surface area contributed by atoms with E-state index in [2.05, 4.69) is 9.88 Å². The van der Waals surface area contributed by atoms with Crippen LogP contribution in [0.25, 0.3) is 0 Å². The van der Waals surface area contributed by atoms with Crippen LogP contribution in [0.2, 0.25) is 0 Å². The van der Waals surface area contributed by atoms with Crippen LogP contribution in [0.5, 0.6) is 0 Å². The topological polar surface area (TPSA) is 60.6 Å². The number of pyridine rings is 1. The average Bonchev–Trinajstić information content (AvgIpc) is 2.42. The van der Waals surface area contributed by atoms with Gasteiger partial charge in [-0.2, -0.15) is 0 Å². The van der Waals surface area contributed by atoms with E-state index in [4.69, 9.17) is 15.2 Å². The molecule has 0 unspecified atom stereocenters. The van der Waals surface area contributed by atoms with Gasteiger partial charge in [0, 0.05) is 46.7 Å². The number of nitrogens with two attached hydrogens (primary N) is 1. The maximum atomic E-state index is 5.76. The molecule has 1 aromatic rings. The third kappa shape index (κ3) is 4.60. The Kier molecular flexibility index (Phi) is 7.32. The van der Waals surface area contributed by atoms with E-state index < -0.39 is 0 Å². The molecule has 0 saturated heterocycles. The molecule has 0 aliphatic carbocycles. The van der Waals surface area contributed by atoms with E-state index in [9.17, 15) is 0 Å². The molecule has 2 N–H and O–H groups in total. The molecule has 5 nitrogen and oxygen atoms in total. The molecule has 0 aliphatic rings. The lowest BCUT2D eigenvalue weighted by Crippen LogP contribution is -2.30. The molecular formula is C13H23N3O2. The number of methoxy groups -OCH3 is 2. The Labute approximate surface area is 109 Å². The molecule has 0 bridgehead atoms. The first-order chi connectivity index (χ1) is 8.83. The molecule has 0 fully saturated rings. The summed E-state index contributed by atoms with van der Waals surface area (Å²) >= 11 is 0. The SMILES string of the molecule is COCCCN(CCOC)c1cnccc1CN. The highest BCUT2D eigenvalue weighted by Gasteiger charge is 2.10. The summed E-state index contributed by atoms with van der Waals surface area (Å²) in [6.45, 7) is 3.70. The Bertz CT molecular complexity index is 334. The average molecular weight is 253 g/mol. The van der Waals surface area contributed by atoms with E-state index in [1.807, 2.05) is 12.3 Å². The van der Waals surface area contributed by atoms with Crippen LogP contribution in [0.4, 0.5) is 5.69 Å². The Hall–Kier alpha value is -1.17. The summed E-state index contributed by atoms with van der Waals surface area (Å²) in [7, 11) is 3.43. The van der Waals surface area contributed by atoms with Gasteiger partial charge in [0.2, 0.25) is 0 Å². The van der Waals surface area contributed by atoms with Gasteiger partial charge in [-0.15, -0.1) is 0 Å². The number of hydrogen-bond acceptors (Lipinski definition) is 5. The zero-order valence-corrected chi connectivity index (χ0v) is 11.3. The molecule has 1 rings (SSSR count). The van der Waals surface area contributed by atoms with E-state index in [0.717, 1.165) is 37.4 Å². The van der Waals surface area contributed by atoms with Crippen LogP contribution in [0.15, 0.2) is 18.5 Å². The predicted molar refractivity (Wildman–Crippen MR) is 72.7 cm³/mol. The molecule has 0 amide bonds. The summed E-state index contributed by atoms with van der Waals surface area (Å²) in [5.41, 5.74) is 7.96. The van der Waals surface area contributed by atoms with E-state index >= 15 is 0 Å². The zero-order valence-electron chi connectivity index (χ0n) is 11.3. The summed E-state index contributed by atoms with van der Waals surface area (Å²) in [6.07, 6.45) is 4.61. The molecule has 0 spiro atoms. The third-order valence-electron chi connectivity index (χ3n) is 2.79. The van der Waals surface area contributed by atoms with Gasteiger partial charge in [0.15, 0.2) is 0 Å². The molecule has 1 aromatic heterocycles. The fraction of sp³-hybridized carbons (Fsp3) is 0.615. The predicted octanol–water partition coefficient (Wildman–Crippen LogP) is 1.03. The standard InChI is InChI=1S/C13H23N3O2/c1-17-8-3-6-16(7-9-18-2)13-11-15-5-4-12(13)10-14/h4-5,11H,3,6-10,14H2,1-2H3. The van der Waals surface area contributed by atoms with Crippen molar-refractivity contribution in [3.8, 4) is 0 Å². The van der Waals surface area contributed by atoms with E-state index in [1.54, 1.807) is 20.4 Å². The van der Waals surface area contributed by atoms with Crippen molar-refractivity contribution in [2.45, 2.75) is 13.0 Å². The Morgan fingerprint density at radius 3 is 2.67 bits per heavy atom. The molecule has 0 saturated carbocycles. The molecule has 18 heavy (non-hydrogen) atoms. The van der Waals surface area contributed by atoms with Crippen molar-refractivity contribution in [3.63, 3.8) is 0 Å². The molecule has 5 heteroatoms. The normalized spacial score (nSPS) is 10.6. The first kappa shape index (κ1) is 14.9. The first-order valence-electron chi connectivity index (χ1n) is 6.19. The monoisotopic (exact) mass is 253 g/mol. The fourth-order valence-electron chi connectivity index (χ4n) is 1.83. The lowest BCUT2D eigenvalue weighted by molar-refractivity contribution is 0.191. The van der Waals surface area contributed by atoms with E-state index in [-0.39, 0.29) is 0 Å². The lowest BCUT2D eigenvalue weighted by atomic mass is 10.2. The van der Waals surface area contributed by atoms with Gasteiger partial charge in [-0.3, -0.25) is 4.98 Å². The Balaban J connectivity index is 2.72. The number of nitrogens with zero attached hydrogens (tertiary/aromatic N) is 2. The molecule has 1 heterocycles. The minimum absolute atomic E-state index is 0.519. The quantitative estimate of drug-likeness (QED) is 0.666. The van der Waals surface area contributed by atoms with Crippen molar-refractivity contribution in [1.82, 2.24) is 4.98 Å². The van der Waals surface area contributed by atoms with Gasteiger partial charge in [-0.25, -0.2) is 0 Å². The van der Waals surface area contributed by atoms with Gasteiger partial charge in [-0.1, -0.05) is 0 Å². The maximum absolute atomic E-state index is 5.76. The molecule has 102 valence electrons. The van der Waals surface area contributed by atoms with Crippen LogP contribution in [0.3, 0.4) is 0 Å². The molecule has 0 atom stereocenters. The number of hydrogen-bond donors (Lipinski definition) is 1. The van der Waals surface area contributed by atoms with E-state index in [1.165, 1.54) is 0 Å². The second-order valence-electron chi connectivity index (χ2n) is 4.03. The van der Waals surface area contributed by atoms with Crippen molar-refractivity contribution in [3.05, 3.63) is 24.0 Å². The highest BCUT2D eigenvalue weighted by molar-refractivity contribution is 5.51. The molecule has 0 aromatic carbocycles. The summed E-state index contributed by atoms with van der Waals surface area (Å²) in [5, 5.41) is 0. The number of ether oxygens (including phenoxy) is 2. The largest absolute Gasteiger partial charge is 0.385 e. The second kappa shape index (κ2) is 8.85. The number of rotatable bonds is 9. The van der Waals surface area contributed by atoms with Crippen LogP contribution >= 0.6 is 0 Å². The molecule has 0 radical (unpaired) electrons. The first-order valence-corrected chi connectivity index (χ1v) is 6.19. The van der Waals surface area contributed by atoms with Crippen molar-refractivity contribution in [2.24, 2.45) is 5.73 Å². The van der Waals surface area contributed by atoms with Gasteiger partial charge < -0.3 is 20.1 Å². The van der Waals surface area contributed by atoms with Crippen LogP contribution in [-0.2, 0) is 16.0 Å². The van der Waals surface area contributed by atoms with Crippen molar-refractivity contribution >= 4 is 5.69 Å². The van der Waals surface area contributed by atoms with Gasteiger partial charge in [0.1, 0.15) is 0 Å². The zero-order chi connectivity index (χ0) is 13.2. The van der Waals surface area contributed by atoms with Crippen LogP contribution in [0, 0.1) is 0 Å². The Morgan fingerprint density at radius 2 is 2.00 bits per heavy atom. The van der Waals surface area contributed by atoms with Gasteiger partial charge >= 0.3 is 0 Å². The van der Waals surface area contributed by atoms with Crippen molar-refractivity contribution in [2.75, 3.05) is 45.4 Å². The van der Waals surface area contributed by atoms with E-state index in [0.29, 0.717) is 13.2 Å². The summed E-state index contributed by atoms with van der Waals surface area (Å²) < 4.78 is 10.2. The van der Waals surface area contributed by atoms with Crippen LogP contribution in [-0.4, -0.2) is 45.5 Å². The molecular weight excluding hydrogens is 230 g/mol. The third-order valence-corrected chi connectivity index (χ3v) is 2.79. The maximum Gasteiger partial charge on any atom is 0.0637 e. The summed E-state index contributed by atoms with van der Waals surface area (Å²) in [5.74, 6) is 0. The Morgan fingerprint density at radius 1 is 1.22 bits per heavy atom. The van der Waals surface area contributed by atoms with Gasteiger partial charge in [0.05, 0.1) is 18.5 Å². The lowest BCUT2D eigenvalue weighted by Gasteiger charge is -2.26. The number of anilines is 1. The minimum Gasteiger partial charge on any atom is -0.385 e. The fourth-order valence-corrected chi connectivity index (χ4v) is 1.83. The second-order valence-corrected chi connectivity index (χ2v) is 4.03. The van der Waals surface area contributed by atoms with Crippen molar-refractivity contribution in [1.29, 1.82) is 0 Å². The highest BCUT2D eigenvalue weighted by atomic mass is 16.5. The summed E-state index contributed by atoms with van der Waals surface area (Å²) in [4.78, 5) is 6.43. The van der Waals surface area contributed by atoms with Crippen molar-refractivity contribution < 1.29 is 9.47 Å². The van der Waals surface area contributed by atoms with Crippen LogP contribution in [0.1, 0.15) is 12.0 Å². The van der Waals surface area contributed by atoms with Gasteiger partial charge in [0.25, 0.3) is 0 Å². The minimum atomic E-state index is 0.519. The van der Waals surface area contributed by atoms with Gasteiger partial charge in [-0.05, 0) is 18.1 Å². The van der Waals surface area contributed by atoms with Crippen LogP contribution < -0.4 is 10.6 Å². The number of aromatic nitrogens is 1. The molecule has 0 aliphatic heterocycles. The highest BCUT2D eigenvalue weighted by Crippen LogP contribution is 2.18. The summed E-state index contributed by atoms with van der Waals surface area (Å²) in [6, 6.07) is 1.96. The smallest absolute Gasteiger partial charge is 0.0637 e.